The van der Waals surface area contributed by atoms with Crippen molar-refractivity contribution < 1.29 is 8.42 Å². The molecule has 1 heterocycles. The van der Waals surface area contributed by atoms with Crippen LogP contribution in [0.5, 0.6) is 0 Å². The SMILES string of the molecule is CC(C)CC(C)N1CCN(S(C)(=O)=O)CC1. The molecule has 1 unspecified atom stereocenters. The molecule has 1 rings (SSSR count). The Labute approximate surface area is 99.7 Å². The lowest BCUT2D eigenvalue weighted by Crippen LogP contribution is -2.51. The lowest BCUT2D eigenvalue weighted by atomic mass is 10.0. The summed E-state index contributed by atoms with van der Waals surface area (Å²) in [5.41, 5.74) is 0. The topological polar surface area (TPSA) is 40.6 Å². The fraction of sp³-hybridized carbons (Fsp3) is 1.00. The van der Waals surface area contributed by atoms with Crippen LogP contribution in [-0.2, 0) is 10.0 Å². The highest BCUT2D eigenvalue weighted by molar-refractivity contribution is 7.88. The van der Waals surface area contributed by atoms with Gasteiger partial charge in [0.15, 0.2) is 0 Å². The number of hydrogen-bond donors (Lipinski definition) is 0. The molecule has 1 saturated heterocycles. The second-order valence-corrected chi connectivity index (χ2v) is 7.16. The van der Waals surface area contributed by atoms with Crippen LogP contribution in [0.25, 0.3) is 0 Å². The fourth-order valence-corrected chi connectivity index (χ4v) is 3.13. The van der Waals surface area contributed by atoms with E-state index in [9.17, 15) is 8.42 Å². The summed E-state index contributed by atoms with van der Waals surface area (Å²) in [4.78, 5) is 2.39. The van der Waals surface area contributed by atoms with Gasteiger partial charge in [-0.05, 0) is 19.3 Å². The maximum Gasteiger partial charge on any atom is 0.211 e. The van der Waals surface area contributed by atoms with E-state index in [1.54, 1.807) is 4.31 Å². The molecule has 16 heavy (non-hydrogen) atoms. The molecule has 4 nitrogen and oxygen atoms in total. The predicted octanol–water partition coefficient (Wildman–Crippen LogP) is 0.998. The molecule has 0 spiro atoms. The summed E-state index contributed by atoms with van der Waals surface area (Å²) in [7, 11) is -2.99. The molecule has 1 aliphatic rings. The van der Waals surface area contributed by atoms with E-state index in [-0.39, 0.29) is 0 Å². The van der Waals surface area contributed by atoms with Gasteiger partial charge in [0.1, 0.15) is 0 Å². The number of hydrogen-bond acceptors (Lipinski definition) is 3. The van der Waals surface area contributed by atoms with E-state index in [2.05, 4.69) is 25.7 Å². The van der Waals surface area contributed by atoms with Gasteiger partial charge in [0.05, 0.1) is 6.26 Å². The van der Waals surface area contributed by atoms with Crippen molar-refractivity contribution in [2.24, 2.45) is 5.92 Å². The summed E-state index contributed by atoms with van der Waals surface area (Å²) < 4.78 is 24.3. The Kier molecular flexibility index (Phi) is 4.76. The molecule has 1 aliphatic heterocycles. The maximum absolute atomic E-state index is 11.3. The van der Waals surface area contributed by atoms with Gasteiger partial charge in [-0.3, -0.25) is 4.90 Å². The summed E-state index contributed by atoms with van der Waals surface area (Å²) >= 11 is 0. The largest absolute Gasteiger partial charge is 0.298 e. The van der Waals surface area contributed by atoms with Gasteiger partial charge in [-0.25, -0.2) is 8.42 Å². The molecule has 5 heteroatoms. The zero-order valence-electron chi connectivity index (χ0n) is 10.8. The molecular formula is C11H24N2O2S. The van der Waals surface area contributed by atoms with Gasteiger partial charge in [0, 0.05) is 32.2 Å². The molecule has 0 saturated carbocycles. The number of piperazine rings is 1. The average Bonchev–Trinajstić information content (AvgIpc) is 2.15. The van der Waals surface area contributed by atoms with Crippen LogP contribution >= 0.6 is 0 Å². The van der Waals surface area contributed by atoms with Gasteiger partial charge < -0.3 is 0 Å². The summed E-state index contributed by atoms with van der Waals surface area (Å²) in [6.45, 7) is 9.69. The third-order valence-electron chi connectivity index (χ3n) is 3.18. The van der Waals surface area contributed by atoms with Crippen LogP contribution in [0, 0.1) is 5.92 Å². The highest BCUT2D eigenvalue weighted by Gasteiger charge is 2.25. The summed E-state index contributed by atoms with van der Waals surface area (Å²) in [6, 6.07) is 0.557. The highest BCUT2D eigenvalue weighted by Crippen LogP contribution is 2.14. The van der Waals surface area contributed by atoms with E-state index in [1.807, 2.05) is 0 Å². The molecule has 0 aromatic rings. The normalized spacial score (nSPS) is 22.6. The van der Waals surface area contributed by atoms with E-state index in [1.165, 1.54) is 12.7 Å². The molecule has 0 aromatic heterocycles. The average molecular weight is 248 g/mol. The first-order valence-corrected chi connectivity index (χ1v) is 7.84. The first-order chi connectivity index (χ1) is 7.30. The van der Waals surface area contributed by atoms with Crippen molar-refractivity contribution in [1.29, 1.82) is 0 Å². The molecule has 1 atom stereocenters. The van der Waals surface area contributed by atoms with Crippen molar-refractivity contribution in [3.63, 3.8) is 0 Å². The second-order valence-electron chi connectivity index (χ2n) is 5.18. The summed E-state index contributed by atoms with van der Waals surface area (Å²) in [6.07, 6.45) is 2.47. The molecule has 1 fully saturated rings. The van der Waals surface area contributed by atoms with Crippen molar-refractivity contribution in [2.45, 2.75) is 33.2 Å². The summed E-state index contributed by atoms with van der Waals surface area (Å²) in [5, 5.41) is 0. The standard InChI is InChI=1S/C11H24N2O2S/c1-10(2)9-11(3)12-5-7-13(8-6-12)16(4,14)15/h10-11H,5-9H2,1-4H3. The van der Waals surface area contributed by atoms with Gasteiger partial charge in [0.25, 0.3) is 0 Å². The van der Waals surface area contributed by atoms with Gasteiger partial charge in [0.2, 0.25) is 10.0 Å². The Morgan fingerprint density at radius 1 is 1.06 bits per heavy atom. The molecule has 0 N–H and O–H groups in total. The Morgan fingerprint density at radius 2 is 1.56 bits per heavy atom. The molecule has 96 valence electrons. The smallest absolute Gasteiger partial charge is 0.211 e. The molecular weight excluding hydrogens is 224 g/mol. The zero-order valence-corrected chi connectivity index (χ0v) is 11.6. The van der Waals surface area contributed by atoms with Gasteiger partial charge in [-0.2, -0.15) is 4.31 Å². The molecule has 0 bridgehead atoms. The maximum atomic E-state index is 11.3. The molecule has 0 amide bonds. The van der Waals surface area contributed by atoms with Gasteiger partial charge >= 0.3 is 0 Å². The Bertz CT molecular complexity index is 306. The molecule has 0 aromatic carbocycles. The van der Waals surface area contributed by atoms with Gasteiger partial charge in [-0.1, -0.05) is 13.8 Å². The van der Waals surface area contributed by atoms with E-state index in [0.717, 1.165) is 13.1 Å². The minimum atomic E-state index is -2.99. The van der Waals surface area contributed by atoms with Crippen molar-refractivity contribution in [3.05, 3.63) is 0 Å². The second kappa shape index (κ2) is 5.47. The van der Waals surface area contributed by atoms with E-state index < -0.39 is 10.0 Å². The minimum Gasteiger partial charge on any atom is -0.298 e. The minimum absolute atomic E-state index is 0.557. The van der Waals surface area contributed by atoms with Crippen LogP contribution in [0.3, 0.4) is 0 Å². The first-order valence-electron chi connectivity index (χ1n) is 6.00. The van der Waals surface area contributed by atoms with Crippen LogP contribution in [0.1, 0.15) is 27.2 Å². The van der Waals surface area contributed by atoms with Crippen LogP contribution in [0.4, 0.5) is 0 Å². The predicted molar refractivity (Wildman–Crippen MR) is 66.9 cm³/mol. The first kappa shape index (κ1) is 13.9. The number of sulfonamides is 1. The third-order valence-corrected chi connectivity index (χ3v) is 4.48. The fourth-order valence-electron chi connectivity index (χ4n) is 2.31. The molecule has 0 aliphatic carbocycles. The van der Waals surface area contributed by atoms with Crippen LogP contribution in [0.15, 0.2) is 0 Å². The van der Waals surface area contributed by atoms with E-state index >= 15 is 0 Å². The molecule has 0 radical (unpaired) electrons. The summed E-state index contributed by atoms with van der Waals surface area (Å²) in [5.74, 6) is 0.697. The Balaban J connectivity index is 2.43. The van der Waals surface area contributed by atoms with Crippen molar-refractivity contribution in [1.82, 2.24) is 9.21 Å². The van der Waals surface area contributed by atoms with Crippen molar-refractivity contribution >= 4 is 10.0 Å². The third kappa shape index (κ3) is 4.03. The monoisotopic (exact) mass is 248 g/mol. The zero-order chi connectivity index (χ0) is 12.3. The number of rotatable bonds is 4. The quantitative estimate of drug-likeness (QED) is 0.745. The van der Waals surface area contributed by atoms with Gasteiger partial charge in [-0.15, -0.1) is 0 Å². The number of nitrogens with zero attached hydrogens (tertiary/aromatic N) is 2. The van der Waals surface area contributed by atoms with Crippen LogP contribution < -0.4 is 0 Å². The van der Waals surface area contributed by atoms with Crippen LogP contribution in [0.2, 0.25) is 0 Å². The van der Waals surface area contributed by atoms with E-state index in [0.29, 0.717) is 25.0 Å². The lowest BCUT2D eigenvalue weighted by molar-refractivity contribution is 0.132. The van der Waals surface area contributed by atoms with Crippen molar-refractivity contribution in [2.75, 3.05) is 32.4 Å². The Morgan fingerprint density at radius 3 is 1.94 bits per heavy atom. The van der Waals surface area contributed by atoms with E-state index in [4.69, 9.17) is 0 Å². The van der Waals surface area contributed by atoms with Crippen LogP contribution in [-0.4, -0.2) is 56.1 Å². The van der Waals surface area contributed by atoms with Crippen molar-refractivity contribution in [3.8, 4) is 0 Å². The highest BCUT2D eigenvalue weighted by atomic mass is 32.2. The Hall–Kier alpha value is -0.130. The lowest BCUT2D eigenvalue weighted by Gasteiger charge is -2.37.